The normalized spacial score (nSPS) is 15.4. The number of amides is 1. The minimum Gasteiger partial charge on any atom is -0.339 e. The predicted octanol–water partition coefficient (Wildman–Crippen LogP) is 2.45. The van der Waals surface area contributed by atoms with Crippen LogP contribution in [-0.4, -0.2) is 33.9 Å². The lowest BCUT2D eigenvalue weighted by Crippen LogP contribution is -2.31. The maximum absolute atomic E-state index is 12.5. The number of rotatable bonds is 2. The summed E-state index contributed by atoms with van der Waals surface area (Å²) in [5.41, 5.74) is 2.10. The molecular weight excluding hydrogens is 278 g/mol. The summed E-state index contributed by atoms with van der Waals surface area (Å²) < 4.78 is 0. The average molecular weight is 297 g/mol. The first-order valence-electron chi connectivity index (χ1n) is 7.68. The second-order valence-corrected chi connectivity index (χ2v) is 5.59. The van der Waals surface area contributed by atoms with Crippen molar-refractivity contribution < 1.29 is 4.79 Å². The van der Waals surface area contributed by atoms with Crippen LogP contribution in [0.3, 0.4) is 0 Å². The Morgan fingerprint density at radius 2 is 1.68 bits per heavy atom. The smallest absolute Gasteiger partial charge is 0.339 e. The predicted molar refractivity (Wildman–Crippen MR) is 84.7 cm³/mol. The number of nitrogens with zero attached hydrogens (tertiary/aromatic N) is 2. The second-order valence-electron chi connectivity index (χ2n) is 5.59. The van der Waals surface area contributed by atoms with Gasteiger partial charge in [0, 0.05) is 36.6 Å². The van der Waals surface area contributed by atoms with Gasteiger partial charge in [0.1, 0.15) is 0 Å². The molecule has 1 amide bonds. The summed E-state index contributed by atoms with van der Waals surface area (Å²) >= 11 is 0. The standard InChI is InChI=1S/C17H19N3O2/c21-16(20-9-3-1-2-4-10-20)14-7-5-13(6-8-14)15-11-18-17(22)19-12-15/h5-8,11-12H,1-4,9-10H2,(H,18,19,22). The lowest BCUT2D eigenvalue weighted by Gasteiger charge is -2.20. The molecule has 5 heteroatoms. The number of hydrogen-bond acceptors (Lipinski definition) is 3. The molecule has 0 unspecified atom stereocenters. The highest BCUT2D eigenvalue weighted by atomic mass is 16.2. The third kappa shape index (κ3) is 3.24. The van der Waals surface area contributed by atoms with E-state index in [9.17, 15) is 9.59 Å². The van der Waals surface area contributed by atoms with E-state index in [0.29, 0.717) is 5.56 Å². The molecule has 22 heavy (non-hydrogen) atoms. The highest BCUT2D eigenvalue weighted by Gasteiger charge is 2.17. The number of aromatic amines is 1. The van der Waals surface area contributed by atoms with Gasteiger partial charge in [-0.2, -0.15) is 0 Å². The first-order valence-corrected chi connectivity index (χ1v) is 7.68. The van der Waals surface area contributed by atoms with Crippen molar-refractivity contribution in [3.05, 3.63) is 52.7 Å². The lowest BCUT2D eigenvalue weighted by atomic mass is 10.1. The van der Waals surface area contributed by atoms with Crippen LogP contribution in [0.25, 0.3) is 11.1 Å². The molecule has 0 atom stereocenters. The van der Waals surface area contributed by atoms with E-state index in [1.165, 1.54) is 19.0 Å². The molecule has 5 nitrogen and oxygen atoms in total. The van der Waals surface area contributed by atoms with Gasteiger partial charge in [-0.15, -0.1) is 0 Å². The maximum atomic E-state index is 12.5. The summed E-state index contributed by atoms with van der Waals surface area (Å²) in [7, 11) is 0. The van der Waals surface area contributed by atoms with Gasteiger partial charge < -0.3 is 9.88 Å². The molecule has 0 spiro atoms. The summed E-state index contributed by atoms with van der Waals surface area (Å²) in [5.74, 6) is 0.105. The van der Waals surface area contributed by atoms with E-state index < -0.39 is 0 Å². The monoisotopic (exact) mass is 297 g/mol. The first-order chi connectivity index (χ1) is 10.7. The topological polar surface area (TPSA) is 66.1 Å². The number of nitrogens with one attached hydrogen (secondary N) is 1. The van der Waals surface area contributed by atoms with Crippen molar-refractivity contribution in [1.82, 2.24) is 14.9 Å². The SMILES string of the molecule is O=C(c1ccc(-c2cnc(=O)[nH]c2)cc1)N1CCCCCC1. The molecular formula is C17H19N3O2. The van der Waals surface area contributed by atoms with E-state index in [2.05, 4.69) is 9.97 Å². The Balaban J connectivity index is 1.77. The van der Waals surface area contributed by atoms with Crippen LogP contribution in [0.4, 0.5) is 0 Å². The van der Waals surface area contributed by atoms with Crippen LogP contribution in [0.5, 0.6) is 0 Å². The van der Waals surface area contributed by atoms with Crippen LogP contribution in [-0.2, 0) is 0 Å². The van der Waals surface area contributed by atoms with Gasteiger partial charge >= 0.3 is 5.69 Å². The minimum absolute atomic E-state index is 0.105. The maximum Gasteiger partial charge on any atom is 0.344 e. The molecule has 2 aromatic rings. The number of H-pyrrole nitrogens is 1. The first kappa shape index (κ1) is 14.5. The van der Waals surface area contributed by atoms with E-state index in [4.69, 9.17) is 0 Å². The van der Waals surface area contributed by atoms with Crippen molar-refractivity contribution in [3.8, 4) is 11.1 Å². The molecule has 0 radical (unpaired) electrons. The van der Waals surface area contributed by atoms with Gasteiger partial charge in [0.25, 0.3) is 5.91 Å². The fourth-order valence-electron chi connectivity index (χ4n) is 2.76. The molecule has 3 rings (SSSR count). The Morgan fingerprint density at radius 3 is 2.27 bits per heavy atom. The van der Waals surface area contributed by atoms with Crippen molar-refractivity contribution in [1.29, 1.82) is 0 Å². The van der Waals surface area contributed by atoms with Gasteiger partial charge in [0.2, 0.25) is 0 Å². The summed E-state index contributed by atoms with van der Waals surface area (Å²) in [6, 6.07) is 7.46. The van der Waals surface area contributed by atoms with Crippen LogP contribution in [0.15, 0.2) is 41.5 Å². The van der Waals surface area contributed by atoms with Crippen molar-refractivity contribution in [2.45, 2.75) is 25.7 Å². The van der Waals surface area contributed by atoms with Crippen LogP contribution >= 0.6 is 0 Å². The minimum atomic E-state index is -0.364. The zero-order chi connectivity index (χ0) is 15.4. The van der Waals surface area contributed by atoms with Gasteiger partial charge in [0.05, 0.1) is 0 Å². The molecule has 1 aromatic heterocycles. The fraction of sp³-hybridized carbons (Fsp3) is 0.353. The molecule has 1 aliphatic heterocycles. The van der Waals surface area contributed by atoms with Crippen LogP contribution in [0.1, 0.15) is 36.0 Å². The van der Waals surface area contributed by atoms with E-state index in [-0.39, 0.29) is 11.6 Å². The highest BCUT2D eigenvalue weighted by molar-refractivity contribution is 5.94. The number of carbonyl (C=O) groups is 1. The fourth-order valence-corrected chi connectivity index (χ4v) is 2.76. The second kappa shape index (κ2) is 6.56. The molecule has 1 saturated heterocycles. The zero-order valence-electron chi connectivity index (χ0n) is 12.4. The summed E-state index contributed by atoms with van der Waals surface area (Å²) in [5, 5.41) is 0. The van der Waals surface area contributed by atoms with Crippen LogP contribution < -0.4 is 5.69 Å². The number of carbonyl (C=O) groups excluding carboxylic acids is 1. The van der Waals surface area contributed by atoms with Crippen LogP contribution in [0.2, 0.25) is 0 Å². The Labute approximate surface area is 129 Å². The third-order valence-corrected chi connectivity index (χ3v) is 4.03. The largest absolute Gasteiger partial charge is 0.344 e. The van der Waals surface area contributed by atoms with Crippen molar-refractivity contribution >= 4 is 5.91 Å². The quantitative estimate of drug-likeness (QED) is 0.926. The third-order valence-electron chi connectivity index (χ3n) is 4.03. The number of likely N-dealkylation sites (tertiary alicyclic amines) is 1. The molecule has 1 aromatic carbocycles. The van der Waals surface area contributed by atoms with E-state index in [0.717, 1.165) is 37.1 Å². The molecule has 0 aliphatic carbocycles. The number of benzene rings is 1. The molecule has 0 bridgehead atoms. The van der Waals surface area contributed by atoms with E-state index >= 15 is 0 Å². The van der Waals surface area contributed by atoms with Gasteiger partial charge in [-0.25, -0.2) is 9.78 Å². The number of aromatic nitrogens is 2. The van der Waals surface area contributed by atoms with Crippen molar-refractivity contribution in [2.75, 3.05) is 13.1 Å². The Hall–Kier alpha value is -2.43. The van der Waals surface area contributed by atoms with Crippen molar-refractivity contribution in [2.24, 2.45) is 0 Å². The summed E-state index contributed by atoms with van der Waals surface area (Å²) in [6.07, 6.45) is 7.76. The van der Waals surface area contributed by atoms with Crippen LogP contribution in [0, 0.1) is 0 Å². The number of hydrogen-bond donors (Lipinski definition) is 1. The van der Waals surface area contributed by atoms with Gasteiger partial charge in [0.15, 0.2) is 0 Å². The lowest BCUT2D eigenvalue weighted by molar-refractivity contribution is 0.0761. The molecule has 1 aliphatic rings. The molecule has 114 valence electrons. The van der Waals surface area contributed by atoms with Gasteiger partial charge in [-0.05, 0) is 30.5 Å². The zero-order valence-corrected chi connectivity index (χ0v) is 12.4. The highest BCUT2D eigenvalue weighted by Crippen LogP contribution is 2.19. The van der Waals surface area contributed by atoms with Gasteiger partial charge in [-0.3, -0.25) is 4.79 Å². The van der Waals surface area contributed by atoms with Crippen molar-refractivity contribution in [3.63, 3.8) is 0 Å². The van der Waals surface area contributed by atoms with E-state index in [1.807, 2.05) is 29.2 Å². The molecule has 1 N–H and O–H groups in total. The molecule has 0 saturated carbocycles. The van der Waals surface area contributed by atoms with E-state index in [1.54, 1.807) is 6.20 Å². The Kier molecular flexibility index (Phi) is 4.32. The Bertz CT molecular complexity index is 678. The summed E-state index contributed by atoms with van der Waals surface area (Å²) in [6.45, 7) is 1.70. The summed E-state index contributed by atoms with van der Waals surface area (Å²) in [4.78, 5) is 31.7. The molecule has 1 fully saturated rings. The molecule has 2 heterocycles. The average Bonchev–Trinajstić information content (AvgIpc) is 2.84. The van der Waals surface area contributed by atoms with Gasteiger partial charge in [-0.1, -0.05) is 25.0 Å². The Morgan fingerprint density at radius 1 is 1.00 bits per heavy atom.